The third-order valence-corrected chi connectivity index (χ3v) is 2.79. The maximum Gasteiger partial charge on any atom is 0.0890 e. The molecule has 18 heavy (non-hydrogen) atoms. The Kier molecular flexibility index (Phi) is 4.27. The smallest absolute Gasteiger partial charge is 0.0890 e. The zero-order valence-corrected chi connectivity index (χ0v) is 10.6. The second kappa shape index (κ2) is 6.13. The summed E-state index contributed by atoms with van der Waals surface area (Å²) in [5, 5.41) is 3.41. The van der Waals surface area contributed by atoms with E-state index in [0.29, 0.717) is 6.42 Å². The highest BCUT2D eigenvalue weighted by Gasteiger charge is 2.11. The van der Waals surface area contributed by atoms with Gasteiger partial charge in [0.15, 0.2) is 0 Å². The maximum atomic E-state index is 5.41. The molecule has 0 radical (unpaired) electrons. The fourth-order valence-electron chi connectivity index (χ4n) is 1.86. The predicted octanol–water partition coefficient (Wildman–Crippen LogP) is 2.69. The van der Waals surface area contributed by atoms with Crippen LogP contribution in [0.3, 0.4) is 0 Å². The summed E-state index contributed by atoms with van der Waals surface area (Å²) >= 11 is 0. The highest BCUT2D eigenvalue weighted by molar-refractivity contribution is 5.73. The van der Waals surface area contributed by atoms with Gasteiger partial charge in [0.1, 0.15) is 0 Å². The number of terminal acetylenes is 1. The largest absolute Gasteiger partial charge is 0.308 e. The van der Waals surface area contributed by atoms with Crippen molar-refractivity contribution in [3.05, 3.63) is 36.2 Å². The summed E-state index contributed by atoms with van der Waals surface area (Å²) in [4.78, 5) is 9.05. The fourth-order valence-corrected chi connectivity index (χ4v) is 1.86. The maximum absolute atomic E-state index is 5.41. The molecular formula is C15H17N3. The number of hydrogen-bond donors (Lipinski definition) is 1. The summed E-state index contributed by atoms with van der Waals surface area (Å²) < 4.78 is 0. The monoisotopic (exact) mass is 239 g/mol. The van der Waals surface area contributed by atoms with E-state index in [2.05, 4.69) is 28.1 Å². The average Bonchev–Trinajstić information content (AvgIpc) is 2.43. The van der Waals surface area contributed by atoms with Crippen molar-refractivity contribution in [1.29, 1.82) is 0 Å². The Morgan fingerprint density at radius 2 is 2.11 bits per heavy atom. The highest BCUT2D eigenvalue weighted by Crippen LogP contribution is 2.16. The van der Waals surface area contributed by atoms with Crippen molar-refractivity contribution >= 4 is 11.0 Å². The van der Waals surface area contributed by atoms with E-state index in [9.17, 15) is 0 Å². The first-order valence-electron chi connectivity index (χ1n) is 6.23. The molecule has 3 heteroatoms. The van der Waals surface area contributed by atoms with Gasteiger partial charge in [0.05, 0.1) is 29.0 Å². The summed E-state index contributed by atoms with van der Waals surface area (Å²) in [5.41, 5.74) is 2.74. The Morgan fingerprint density at radius 3 is 2.83 bits per heavy atom. The summed E-state index contributed by atoms with van der Waals surface area (Å²) in [5.74, 6) is 2.69. The van der Waals surface area contributed by atoms with E-state index in [1.807, 2.05) is 30.5 Å². The molecule has 1 heterocycles. The van der Waals surface area contributed by atoms with Crippen LogP contribution >= 0.6 is 0 Å². The normalized spacial score (nSPS) is 12.2. The molecule has 1 N–H and O–H groups in total. The number of aromatic nitrogens is 2. The SMILES string of the molecule is C#CCC(NCCC)c1cnc2ccccc2n1. The Bertz CT molecular complexity index is 557. The van der Waals surface area contributed by atoms with Gasteiger partial charge in [-0.2, -0.15) is 0 Å². The first kappa shape index (κ1) is 12.5. The second-order valence-corrected chi connectivity index (χ2v) is 4.20. The third kappa shape index (κ3) is 2.85. The number of nitrogens with zero attached hydrogens (tertiary/aromatic N) is 2. The molecule has 1 aromatic heterocycles. The van der Waals surface area contributed by atoms with Crippen LogP contribution in [-0.4, -0.2) is 16.5 Å². The van der Waals surface area contributed by atoms with Crippen LogP contribution in [-0.2, 0) is 0 Å². The summed E-state index contributed by atoms with van der Waals surface area (Å²) in [6, 6.07) is 7.95. The van der Waals surface area contributed by atoms with E-state index in [0.717, 1.165) is 29.7 Å². The van der Waals surface area contributed by atoms with Crippen LogP contribution in [0.2, 0.25) is 0 Å². The van der Waals surface area contributed by atoms with Crippen LogP contribution in [0.1, 0.15) is 31.5 Å². The minimum atomic E-state index is 0.0899. The number of para-hydroxylation sites is 2. The number of hydrogen-bond acceptors (Lipinski definition) is 3. The van der Waals surface area contributed by atoms with Gasteiger partial charge >= 0.3 is 0 Å². The van der Waals surface area contributed by atoms with Crippen molar-refractivity contribution in [2.75, 3.05) is 6.54 Å². The van der Waals surface area contributed by atoms with E-state index in [4.69, 9.17) is 6.42 Å². The quantitative estimate of drug-likeness (QED) is 0.815. The molecule has 1 aromatic carbocycles. The van der Waals surface area contributed by atoms with Gasteiger partial charge in [-0.05, 0) is 25.1 Å². The van der Waals surface area contributed by atoms with E-state index in [-0.39, 0.29) is 6.04 Å². The first-order valence-corrected chi connectivity index (χ1v) is 6.23. The lowest BCUT2D eigenvalue weighted by atomic mass is 10.1. The van der Waals surface area contributed by atoms with Gasteiger partial charge in [0, 0.05) is 6.42 Å². The first-order chi connectivity index (χ1) is 8.85. The minimum Gasteiger partial charge on any atom is -0.308 e. The number of rotatable bonds is 5. The lowest BCUT2D eigenvalue weighted by molar-refractivity contribution is 0.531. The van der Waals surface area contributed by atoms with Gasteiger partial charge in [-0.3, -0.25) is 4.98 Å². The minimum absolute atomic E-state index is 0.0899. The van der Waals surface area contributed by atoms with Crippen molar-refractivity contribution in [1.82, 2.24) is 15.3 Å². The van der Waals surface area contributed by atoms with Gasteiger partial charge in [0.2, 0.25) is 0 Å². The van der Waals surface area contributed by atoms with E-state index < -0.39 is 0 Å². The summed E-state index contributed by atoms with van der Waals surface area (Å²) in [6.07, 6.45) is 8.93. The summed E-state index contributed by atoms with van der Waals surface area (Å²) in [6.45, 7) is 3.06. The molecule has 0 spiro atoms. The Balaban J connectivity index is 2.29. The highest BCUT2D eigenvalue weighted by atomic mass is 14.9. The molecule has 0 aliphatic rings. The van der Waals surface area contributed by atoms with E-state index in [1.54, 1.807) is 0 Å². The molecule has 0 saturated carbocycles. The van der Waals surface area contributed by atoms with Gasteiger partial charge in [-0.1, -0.05) is 19.1 Å². The third-order valence-electron chi connectivity index (χ3n) is 2.79. The molecule has 0 bridgehead atoms. The molecule has 0 aliphatic carbocycles. The van der Waals surface area contributed by atoms with Crippen LogP contribution in [0.5, 0.6) is 0 Å². The number of fused-ring (bicyclic) bond motifs is 1. The predicted molar refractivity (Wildman–Crippen MR) is 74.0 cm³/mol. The lowest BCUT2D eigenvalue weighted by Crippen LogP contribution is -2.22. The standard InChI is InChI=1S/C15H17N3/c1-3-7-12(16-10-4-2)15-11-17-13-8-5-6-9-14(13)18-15/h1,5-6,8-9,11-12,16H,4,7,10H2,2H3. The zero-order chi connectivity index (χ0) is 12.8. The zero-order valence-electron chi connectivity index (χ0n) is 10.6. The Labute approximate surface area is 108 Å². The molecule has 0 amide bonds. The second-order valence-electron chi connectivity index (χ2n) is 4.20. The fraction of sp³-hybridized carbons (Fsp3) is 0.333. The Hall–Kier alpha value is -1.92. The molecule has 0 saturated heterocycles. The van der Waals surface area contributed by atoms with Crippen molar-refractivity contribution < 1.29 is 0 Å². The van der Waals surface area contributed by atoms with Gasteiger partial charge in [-0.25, -0.2) is 4.98 Å². The molecular weight excluding hydrogens is 222 g/mol. The lowest BCUT2D eigenvalue weighted by Gasteiger charge is -2.15. The molecule has 0 aliphatic heterocycles. The molecule has 0 fully saturated rings. The van der Waals surface area contributed by atoms with Crippen LogP contribution in [0.4, 0.5) is 0 Å². The van der Waals surface area contributed by atoms with E-state index >= 15 is 0 Å². The molecule has 1 unspecified atom stereocenters. The molecule has 2 rings (SSSR count). The van der Waals surface area contributed by atoms with E-state index in [1.165, 1.54) is 0 Å². The van der Waals surface area contributed by atoms with Crippen LogP contribution in [0.25, 0.3) is 11.0 Å². The van der Waals surface area contributed by atoms with Crippen LogP contribution in [0.15, 0.2) is 30.5 Å². The summed E-state index contributed by atoms with van der Waals surface area (Å²) in [7, 11) is 0. The molecule has 2 aromatic rings. The van der Waals surface area contributed by atoms with Crippen molar-refractivity contribution in [3.8, 4) is 12.3 Å². The van der Waals surface area contributed by atoms with Gasteiger partial charge < -0.3 is 5.32 Å². The molecule has 3 nitrogen and oxygen atoms in total. The van der Waals surface area contributed by atoms with Crippen LogP contribution < -0.4 is 5.32 Å². The Morgan fingerprint density at radius 1 is 1.33 bits per heavy atom. The van der Waals surface area contributed by atoms with Gasteiger partial charge in [0.25, 0.3) is 0 Å². The van der Waals surface area contributed by atoms with Crippen molar-refractivity contribution in [2.24, 2.45) is 0 Å². The van der Waals surface area contributed by atoms with Crippen LogP contribution in [0, 0.1) is 12.3 Å². The number of nitrogens with one attached hydrogen (secondary N) is 1. The van der Waals surface area contributed by atoms with Gasteiger partial charge in [-0.15, -0.1) is 12.3 Å². The topological polar surface area (TPSA) is 37.8 Å². The van der Waals surface area contributed by atoms with Crippen molar-refractivity contribution in [2.45, 2.75) is 25.8 Å². The van der Waals surface area contributed by atoms with Crippen molar-refractivity contribution in [3.63, 3.8) is 0 Å². The molecule has 92 valence electrons. The molecule has 1 atom stereocenters. The average molecular weight is 239 g/mol. The number of benzene rings is 1.